The van der Waals surface area contributed by atoms with E-state index in [9.17, 15) is 14.4 Å². The molecule has 1 aliphatic carbocycles. The summed E-state index contributed by atoms with van der Waals surface area (Å²) >= 11 is 0. The number of carbonyl (C=O) groups excluding carboxylic acids is 1. The smallest absolute Gasteiger partial charge is 0.306 e. The molecular weight excluding hydrogens is 298 g/mol. The number of hydrogen-bond acceptors (Lipinski definition) is 4. The molecule has 1 aliphatic rings. The normalized spacial score (nSPS) is 20.6. The molecule has 0 spiro atoms. The molecule has 0 aliphatic heterocycles. The Bertz CT molecular complexity index is 843. The second-order valence-electron chi connectivity index (χ2n) is 5.93. The van der Waals surface area contributed by atoms with Gasteiger partial charge in [-0.3, -0.25) is 18.8 Å². The first-order valence-electron chi connectivity index (χ1n) is 7.47. The van der Waals surface area contributed by atoms with Crippen molar-refractivity contribution in [2.45, 2.75) is 32.2 Å². The number of nitrogens with one attached hydrogen (secondary N) is 1. The first-order chi connectivity index (χ1) is 11.0. The molecule has 0 aromatic carbocycles. The van der Waals surface area contributed by atoms with Crippen LogP contribution in [0.5, 0.6) is 0 Å². The van der Waals surface area contributed by atoms with Crippen molar-refractivity contribution in [3.05, 3.63) is 46.0 Å². The molecule has 2 heterocycles. The van der Waals surface area contributed by atoms with Crippen LogP contribution in [0, 0.1) is 12.8 Å². The quantitative estimate of drug-likeness (QED) is 0.879. The largest absolute Gasteiger partial charge is 0.481 e. The standard InChI is InChI=1S/C16H17N3O4/c1-9-4-5-19-13(6-9)17-8-12(15(19)21)14(20)18-11-3-2-10(7-11)16(22)23/h4-6,8,10-11H,2-3,7H2,1H3,(H,18,20)(H,22,23)/t10-,11+/m0/s1. The zero-order valence-electron chi connectivity index (χ0n) is 12.7. The Labute approximate surface area is 132 Å². The zero-order chi connectivity index (χ0) is 16.6. The van der Waals surface area contributed by atoms with Gasteiger partial charge < -0.3 is 10.4 Å². The summed E-state index contributed by atoms with van der Waals surface area (Å²) in [6, 6.07) is 3.31. The van der Waals surface area contributed by atoms with E-state index in [-0.39, 0.29) is 11.6 Å². The van der Waals surface area contributed by atoms with Crippen molar-refractivity contribution in [2.24, 2.45) is 5.92 Å². The lowest BCUT2D eigenvalue weighted by Crippen LogP contribution is -2.37. The number of carbonyl (C=O) groups is 2. The number of hydrogen-bond donors (Lipinski definition) is 2. The Morgan fingerprint density at radius 2 is 2.17 bits per heavy atom. The number of fused-ring (bicyclic) bond motifs is 1. The van der Waals surface area contributed by atoms with E-state index >= 15 is 0 Å². The highest BCUT2D eigenvalue weighted by Crippen LogP contribution is 2.25. The van der Waals surface area contributed by atoms with Gasteiger partial charge in [-0.25, -0.2) is 4.98 Å². The van der Waals surface area contributed by atoms with Crippen molar-refractivity contribution in [2.75, 3.05) is 0 Å². The van der Waals surface area contributed by atoms with Crippen LogP contribution < -0.4 is 10.9 Å². The lowest BCUT2D eigenvalue weighted by molar-refractivity contribution is -0.141. The van der Waals surface area contributed by atoms with E-state index in [1.165, 1.54) is 10.6 Å². The van der Waals surface area contributed by atoms with Crippen LogP contribution in [0.15, 0.2) is 29.3 Å². The minimum absolute atomic E-state index is 0.0369. The third-order valence-corrected chi connectivity index (χ3v) is 4.23. The van der Waals surface area contributed by atoms with Crippen LogP contribution in [-0.2, 0) is 4.79 Å². The van der Waals surface area contributed by atoms with E-state index in [0.29, 0.717) is 24.9 Å². The van der Waals surface area contributed by atoms with Gasteiger partial charge in [0.25, 0.3) is 11.5 Å². The molecule has 1 saturated carbocycles. The van der Waals surface area contributed by atoms with Crippen molar-refractivity contribution >= 4 is 17.5 Å². The van der Waals surface area contributed by atoms with E-state index in [1.54, 1.807) is 18.3 Å². The predicted molar refractivity (Wildman–Crippen MR) is 82.4 cm³/mol. The maximum absolute atomic E-state index is 12.4. The molecule has 0 unspecified atom stereocenters. The number of amides is 1. The minimum atomic E-state index is -0.843. The van der Waals surface area contributed by atoms with Crippen LogP contribution in [0.2, 0.25) is 0 Å². The van der Waals surface area contributed by atoms with E-state index in [1.807, 2.05) is 6.92 Å². The molecule has 2 N–H and O–H groups in total. The molecule has 0 radical (unpaired) electrons. The SMILES string of the molecule is Cc1ccn2c(=O)c(C(=O)N[C@@H]3CC[C@H](C(=O)O)C3)cnc2c1. The van der Waals surface area contributed by atoms with Crippen molar-refractivity contribution in [3.63, 3.8) is 0 Å². The third-order valence-electron chi connectivity index (χ3n) is 4.23. The number of pyridine rings is 1. The lowest BCUT2D eigenvalue weighted by atomic mass is 10.1. The summed E-state index contributed by atoms with van der Waals surface area (Å²) in [7, 11) is 0. The molecule has 2 aromatic heterocycles. The summed E-state index contributed by atoms with van der Waals surface area (Å²) in [6.07, 6.45) is 4.39. The predicted octanol–water partition coefficient (Wildman–Crippen LogP) is 0.986. The van der Waals surface area contributed by atoms with Gasteiger partial charge in [0.05, 0.1) is 5.92 Å². The average molecular weight is 315 g/mol. The van der Waals surface area contributed by atoms with E-state index in [2.05, 4.69) is 10.3 Å². The molecule has 23 heavy (non-hydrogen) atoms. The molecule has 2 aromatic rings. The van der Waals surface area contributed by atoms with Crippen LogP contribution in [0.25, 0.3) is 5.65 Å². The highest BCUT2D eigenvalue weighted by Gasteiger charge is 2.31. The third kappa shape index (κ3) is 2.94. The number of aryl methyl sites for hydroxylation is 1. The Kier molecular flexibility index (Phi) is 3.85. The molecule has 3 rings (SSSR count). The van der Waals surface area contributed by atoms with E-state index < -0.39 is 23.4 Å². The van der Waals surface area contributed by atoms with Crippen molar-refractivity contribution < 1.29 is 14.7 Å². The van der Waals surface area contributed by atoms with Gasteiger partial charge in [0.2, 0.25) is 0 Å². The molecular formula is C16H17N3O4. The van der Waals surface area contributed by atoms with Crippen LogP contribution in [0.1, 0.15) is 35.2 Å². The monoisotopic (exact) mass is 315 g/mol. The van der Waals surface area contributed by atoms with Gasteiger partial charge in [-0.1, -0.05) is 0 Å². The topological polar surface area (TPSA) is 101 Å². The lowest BCUT2D eigenvalue weighted by Gasteiger charge is -2.12. The number of aromatic nitrogens is 2. The van der Waals surface area contributed by atoms with E-state index in [4.69, 9.17) is 5.11 Å². The van der Waals surface area contributed by atoms with Gasteiger partial charge >= 0.3 is 5.97 Å². The molecule has 0 bridgehead atoms. The van der Waals surface area contributed by atoms with Crippen LogP contribution in [-0.4, -0.2) is 32.4 Å². The highest BCUT2D eigenvalue weighted by atomic mass is 16.4. The molecule has 7 heteroatoms. The highest BCUT2D eigenvalue weighted by molar-refractivity contribution is 5.94. The molecule has 120 valence electrons. The zero-order valence-corrected chi connectivity index (χ0v) is 12.7. The summed E-state index contributed by atoms with van der Waals surface area (Å²) in [6.45, 7) is 1.89. The number of aliphatic carboxylic acids is 1. The first-order valence-corrected chi connectivity index (χ1v) is 7.47. The summed E-state index contributed by atoms with van der Waals surface area (Å²) < 4.78 is 1.33. The summed E-state index contributed by atoms with van der Waals surface area (Å²) in [5, 5.41) is 11.7. The Morgan fingerprint density at radius 3 is 2.87 bits per heavy atom. The van der Waals surface area contributed by atoms with Crippen LogP contribution in [0.4, 0.5) is 0 Å². The van der Waals surface area contributed by atoms with Crippen molar-refractivity contribution in [3.8, 4) is 0 Å². The second-order valence-corrected chi connectivity index (χ2v) is 5.93. The summed E-state index contributed by atoms with van der Waals surface area (Å²) in [4.78, 5) is 39.8. The molecule has 1 amide bonds. The molecule has 7 nitrogen and oxygen atoms in total. The van der Waals surface area contributed by atoms with Crippen LogP contribution >= 0.6 is 0 Å². The molecule has 0 saturated heterocycles. The van der Waals surface area contributed by atoms with Crippen LogP contribution in [0.3, 0.4) is 0 Å². The average Bonchev–Trinajstić information content (AvgIpc) is 2.96. The van der Waals surface area contributed by atoms with Gasteiger partial charge in [-0.15, -0.1) is 0 Å². The van der Waals surface area contributed by atoms with Crippen molar-refractivity contribution in [1.82, 2.24) is 14.7 Å². The Hall–Kier alpha value is -2.70. The minimum Gasteiger partial charge on any atom is -0.481 e. The van der Waals surface area contributed by atoms with Gasteiger partial charge in [0.15, 0.2) is 0 Å². The first kappa shape index (κ1) is 15.2. The molecule has 1 fully saturated rings. The number of carboxylic acid groups (broad SMARTS) is 1. The fourth-order valence-corrected chi connectivity index (χ4v) is 2.93. The summed E-state index contributed by atoms with van der Waals surface area (Å²) in [5.74, 6) is -1.78. The van der Waals surface area contributed by atoms with Crippen molar-refractivity contribution in [1.29, 1.82) is 0 Å². The maximum atomic E-state index is 12.4. The fourth-order valence-electron chi connectivity index (χ4n) is 2.93. The van der Waals surface area contributed by atoms with Gasteiger partial charge in [-0.05, 0) is 43.9 Å². The number of rotatable bonds is 3. The van der Waals surface area contributed by atoms with Gasteiger partial charge in [0.1, 0.15) is 11.2 Å². The van der Waals surface area contributed by atoms with Gasteiger partial charge in [-0.2, -0.15) is 0 Å². The second kappa shape index (κ2) is 5.83. The maximum Gasteiger partial charge on any atom is 0.306 e. The van der Waals surface area contributed by atoms with Gasteiger partial charge in [0, 0.05) is 18.4 Å². The number of carboxylic acids is 1. The summed E-state index contributed by atoms with van der Waals surface area (Å²) in [5.41, 5.74) is 0.989. The molecule has 2 atom stereocenters. The number of nitrogens with zero attached hydrogens (tertiary/aromatic N) is 2. The fraction of sp³-hybridized carbons (Fsp3) is 0.375. The Balaban J connectivity index is 1.82. The van der Waals surface area contributed by atoms with E-state index in [0.717, 1.165) is 5.56 Å². The Morgan fingerprint density at radius 1 is 1.39 bits per heavy atom.